The molecule has 7 heteroatoms. The van der Waals surface area contributed by atoms with Crippen LogP contribution in [-0.4, -0.2) is 28.8 Å². The summed E-state index contributed by atoms with van der Waals surface area (Å²) in [6.07, 6.45) is 0.592. The highest BCUT2D eigenvalue weighted by molar-refractivity contribution is 6.32. The molecule has 17 heavy (non-hydrogen) atoms. The van der Waals surface area contributed by atoms with E-state index >= 15 is 0 Å². The van der Waals surface area contributed by atoms with E-state index in [1.165, 1.54) is 13.4 Å². The Kier molecular flexibility index (Phi) is 4.11. The van der Waals surface area contributed by atoms with Gasteiger partial charge in [-0.25, -0.2) is 9.78 Å². The SMILES string of the molecule is COc1ncnc(Cl)c1NC(=O)OC(C)(C)C. The maximum absolute atomic E-state index is 11.5. The second kappa shape index (κ2) is 5.18. The zero-order valence-corrected chi connectivity index (χ0v) is 10.8. The Hall–Kier alpha value is -1.56. The van der Waals surface area contributed by atoms with Gasteiger partial charge in [0.1, 0.15) is 17.6 Å². The van der Waals surface area contributed by atoms with E-state index in [1.807, 2.05) is 0 Å². The Bertz CT molecular complexity index is 418. The summed E-state index contributed by atoms with van der Waals surface area (Å²) in [6.45, 7) is 5.27. The van der Waals surface area contributed by atoms with Crippen molar-refractivity contribution in [2.75, 3.05) is 12.4 Å². The number of aromatic nitrogens is 2. The smallest absolute Gasteiger partial charge is 0.412 e. The predicted molar refractivity (Wildman–Crippen MR) is 63.5 cm³/mol. The number of amides is 1. The van der Waals surface area contributed by atoms with Crippen LogP contribution in [0, 0.1) is 0 Å². The van der Waals surface area contributed by atoms with E-state index in [9.17, 15) is 4.79 Å². The summed E-state index contributed by atoms with van der Waals surface area (Å²) in [5.74, 6) is 0.177. The minimum atomic E-state index is -0.646. The van der Waals surface area contributed by atoms with Gasteiger partial charge in [-0.05, 0) is 20.8 Å². The Morgan fingerprint density at radius 3 is 2.59 bits per heavy atom. The van der Waals surface area contributed by atoms with Crippen molar-refractivity contribution in [3.05, 3.63) is 11.5 Å². The molecule has 0 aliphatic carbocycles. The van der Waals surface area contributed by atoms with Gasteiger partial charge in [0.15, 0.2) is 5.15 Å². The molecule has 0 atom stereocenters. The van der Waals surface area contributed by atoms with Crippen LogP contribution >= 0.6 is 11.6 Å². The topological polar surface area (TPSA) is 73.3 Å². The van der Waals surface area contributed by atoms with Crippen LogP contribution in [0.5, 0.6) is 5.88 Å². The molecular weight excluding hydrogens is 246 g/mol. The molecule has 1 heterocycles. The summed E-state index contributed by atoms with van der Waals surface area (Å²) in [5.41, 5.74) is -0.412. The molecule has 94 valence electrons. The van der Waals surface area contributed by atoms with Crippen molar-refractivity contribution in [2.45, 2.75) is 26.4 Å². The molecule has 0 radical (unpaired) electrons. The highest BCUT2D eigenvalue weighted by atomic mass is 35.5. The van der Waals surface area contributed by atoms with Gasteiger partial charge in [0.05, 0.1) is 7.11 Å². The second-order valence-electron chi connectivity index (χ2n) is 4.18. The normalized spacial score (nSPS) is 10.9. The summed E-state index contributed by atoms with van der Waals surface area (Å²) in [7, 11) is 1.42. The van der Waals surface area contributed by atoms with Crippen molar-refractivity contribution < 1.29 is 14.3 Å². The maximum atomic E-state index is 11.5. The van der Waals surface area contributed by atoms with E-state index in [0.717, 1.165) is 0 Å². The molecule has 1 N–H and O–H groups in total. The van der Waals surface area contributed by atoms with Gasteiger partial charge in [0.25, 0.3) is 0 Å². The first kappa shape index (κ1) is 13.5. The molecule has 0 aliphatic heterocycles. The molecule has 6 nitrogen and oxygen atoms in total. The van der Waals surface area contributed by atoms with E-state index in [4.69, 9.17) is 21.1 Å². The van der Waals surface area contributed by atoms with Crippen molar-refractivity contribution in [2.24, 2.45) is 0 Å². The number of nitrogens with zero attached hydrogens (tertiary/aromatic N) is 2. The minimum Gasteiger partial charge on any atom is -0.479 e. The molecule has 0 saturated carbocycles. The number of anilines is 1. The summed E-state index contributed by atoms with van der Waals surface area (Å²) in [5, 5.41) is 2.53. The van der Waals surface area contributed by atoms with Crippen LogP contribution in [0.4, 0.5) is 10.5 Å². The molecule has 0 aliphatic rings. The lowest BCUT2D eigenvalue weighted by Gasteiger charge is -2.20. The van der Waals surface area contributed by atoms with E-state index in [-0.39, 0.29) is 16.7 Å². The number of nitrogens with one attached hydrogen (secondary N) is 1. The highest BCUT2D eigenvalue weighted by Crippen LogP contribution is 2.28. The number of rotatable bonds is 2. The van der Waals surface area contributed by atoms with E-state index in [0.29, 0.717) is 0 Å². The number of methoxy groups -OCH3 is 1. The molecule has 1 rings (SSSR count). The predicted octanol–water partition coefficient (Wildman–Crippen LogP) is 2.49. The van der Waals surface area contributed by atoms with E-state index in [2.05, 4.69) is 15.3 Å². The average Bonchev–Trinajstić information content (AvgIpc) is 2.18. The lowest BCUT2D eigenvalue weighted by atomic mass is 10.2. The van der Waals surface area contributed by atoms with Crippen molar-refractivity contribution in [1.82, 2.24) is 9.97 Å². The van der Waals surface area contributed by atoms with Crippen LogP contribution in [0.3, 0.4) is 0 Å². The van der Waals surface area contributed by atoms with Gasteiger partial charge in [-0.1, -0.05) is 11.6 Å². The van der Waals surface area contributed by atoms with Crippen LogP contribution in [0.2, 0.25) is 5.15 Å². The van der Waals surface area contributed by atoms with E-state index < -0.39 is 11.7 Å². The van der Waals surface area contributed by atoms with Crippen molar-refractivity contribution in [3.8, 4) is 5.88 Å². The quantitative estimate of drug-likeness (QED) is 0.826. The fourth-order valence-corrected chi connectivity index (χ4v) is 1.19. The fourth-order valence-electron chi connectivity index (χ4n) is 1.01. The zero-order chi connectivity index (χ0) is 13.1. The van der Waals surface area contributed by atoms with Gasteiger partial charge in [-0.15, -0.1) is 0 Å². The van der Waals surface area contributed by atoms with Gasteiger partial charge in [0, 0.05) is 0 Å². The molecule has 0 fully saturated rings. The lowest BCUT2D eigenvalue weighted by molar-refractivity contribution is 0.0635. The first-order valence-electron chi connectivity index (χ1n) is 4.88. The largest absolute Gasteiger partial charge is 0.479 e. The second-order valence-corrected chi connectivity index (χ2v) is 4.53. The van der Waals surface area contributed by atoms with Crippen LogP contribution in [0.15, 0.2) is 6.33 Å². The molecule has 1 amide bonds. The summed E-state index contributed by atoms with van der Waals surface area (Å²) in [4.78, 5) is 19.1. The third kappa shape index (κ3) is 4.07. The Morgan fingerprint density at radius 2 is 2.06 bits per heavy atom. The van der Waals surface area contributed by atoms with Crippen molar-refractivity contribution >= 4 is 23.4 Å². The Labute approximate surface area is 104 Å². The third-order valence-corrected chi connectivity index (χ3v) is 1.87. The fraction of sp³-hybridized carbons (Fsp3) is 0.500. The molecule has 0 aromatic carbocycles. The van der Waals surface area contributed by atoms with Gasteiger partial charge in [0.2, 0.25) is 5.88 Å². The van der Waals surface area contributed by atoms with Crippen LogP contribution in [0.1, 0.15) is 20.8 Å². The van der Waals surface area contributed by atoms with Crippen LogP contribution in [0.25, 0.3) is 0 Å². The Morgan fingerprint density at radius 1 is 1.41 bits per heavy atom. The average molecular weight is 260 g/mol. The summed E-state index contributed by atoms with van der Waals surface area (Å²) < 4.78 is 10.0. The number of carbonyl (C=O) groups is 1. The molecule has 0 unspecified atom stereocenters. The summed E-state index contributed by atoms with van der Waals surface area (Å²) in [6, 6.07) is 0. The van der Waals surface area contributed by atoms with Crippen LogP contribution < -0.4 is 10.1 Å². The molecular formula is C10H14ClN3O3. The highest BCUT2D eigenvalue weighted by Gasteiger charge is 2.19. The lowest BCUT2D eigenvalue weighted by Crippen LogP contribution is -2.27. The number of carbonyl (C=O) groups excluding carboxylic acids is 1. The van der Waals surface area contributed by atoms with Crippen molar-refractivity contribution in [3.63, 3.8) is 0 Å². The molecule has 1 aromatic heterocycles. The van der Waals surface area contributed by atoms with Gasteiger partial charge >= 0.3 is 6.09 Å². The standard InChI is InChI=1S/C10H14ClN3O3/c1-10(2,3)17-9(15)14-6-7(11)12-5-13-8(6)16-4/h5H,1-4H3,(H,14,15). The number of ether oxygens (including phenoxy) is 2. The number of hydrogen-bond acceptors (Lipinski definition) is 5. The monoisotopic (exact) mass is 259 g/mol. The van der Waals surface area contributed by atoms with Gasteiger partial charge in [-0.2, -0.15) is 4.98 Å². The maximum Gasteiger partial charge on any atom is 0.412 e. The van der Waals surface area contributed by atoms with Crippen LogP contribution in [-0.2, 0) is 4.74 Å². The van der Waals surface area contributed by atoms with Crippen molar-refractivity contribution in [1.29, 1.82) is 0 Å². The third-order valence-electron chi connectivity index (χ3n) is 1.59. The molecule has 1 aromatic rings. The van der Waals surface area contributed by atoms with Gasteiger partial charge in [-0.3, -0.25) is 5.32 Å². The minimum absolute atomic E-state index is 0.0858. The summed E-state index contributed by atoms with van der Waals surface area (Å²) >= 11 is 5.82. The number of hydrogen-bond donors (Lipinski definition) is 1. The molecule has 0 bridgehead atoms. The molecule has 0 spiro atoms. The zero-order valence-electron chi connectivity index (χ0n) is 10.1. The first-order valence-corrected chi connectivity index (χ1v) is 5.26. The molecule has 0 saturated heterocycles. The first-order chi connectivity index (χ1) is 7.83. The number of halogens is 1. The Balaban J connectivity index is 2.84. The van der Waals surface area contributed by atoms with E-state index in [1.54, 1.807) is 20.8 Å². The van der Waals surface area contributed by atoms with Gasteiger partial charge < -0.3 is 9.47 Å².